The number of carbonyl (C=O) groups excluding carboxylic acids is 1. The van der Waals surface area contributed by atoms with Crippen LogP contribution in [-0.2, 0) is 11.3 Å². The van der Waals surface area contributed by atoms with Crippen molar-refractivity contribution in [1.29, 1.82) is 0 Å². The second-order valence-electron chi connectivity index (χ2n) is 5.07. The second kappa shape index (κ2) is 7.69. The van der Waals surface area contributed by atoms with Gasteiger partial charge in [-0.3, -0.25) is 0 Å². The van der Waals surface area contributed by atoms with Gasteiger partial charge >= 0.3 is 6.03 Å². The van der Waals surface area contributed by atoms with Crippen molar-refractivity contribution in [1.82, 2.24) is 14.8 Å². The van der Waals surface area contributed by atoms with Crippen molar-refractivity contribution in [2.75, 3.05) is 33.9 Å². The van der Waals surface area contributed by atoms with Crippen LogP contribution in [0.1, 0.15) is 6.42 Å². The van der Waals surface area contributed by atoms with Gasteiger partial charge in [-0.1, -0.05) is 18.2 Å². The first-order valence-corrected chi connectivity index (χ1v) is 7.24. The first-order valence-electron chi connectivity index (χ1n) is 7.24. The fraction of sp³-hybridized carbons (Fsp3) is 0.438. The van der Waals surface area contributed by atoms with Gasteiger partial charge in [-0.05, 0) is 23.9 Å². The fourth-order valence-electron chi connectivity index (χ4n) is 2.25. The van der Waals surface area contributed by atoms with Gasteiger partial charge in [-0.2, -0.15) is 0 Å². The molecule has 0 spiro atoms. The molecule has 0 saturated heterocycles. The van der Waals surface area contributed by atoms with E-state index in [-0.39, 0.29) is 6.03 Å². The number of carbonyl (C=O) groups is 1. The number of hydrogen-bond acceptors (Lipinski definition) is 2. The predicted octanol–water partition coefficient (Wildman–Crippen LogP) is 2.32. The highest BCUT2D eigenvalue weighted by Crippen LogP contribution is 2.15. The summed E-state index contributed by atoms with van der Waals surface area (Å²) >= 11 is 0. The van der Waals surface area contributed by atoms with E-state index in [1.807, 2.05) is 12.1 Å². The lowest BCUT2D eigenvalue weighted by molar-refractivity contribution is 0.159. The number of amides is 2. The predicted molar refractivity (Wildman–Crippen MR) is 84.5 cm³/mol. The van der Waals surface area contributed by atoms with Crippen molar-refractivity contribution in [2.24, 2.45) is 0 Å². The standard InChI is InChI=1S/C16H23N3O2/c1-18(12-13-21-2)16(20)17-9-5-10-19-11-8-14-6-3-4-7-15(14)19/h3-4,6-8,11H,5,9-10,12-13H2,1-2H3,(H,17,20). The molecular formula is C16H23N3O2. The number of fused-ring (bicyclic) bond motifs is 1. The summed E-state index contributed by atoms with van der Waals surface area (Å²) in [4.78, 5) is 13.4. The van der Waals surface area contributed by atoms with Crippen LogP contribution in [0.25, 0.3) is 10.9 Å². The van der Waals surface area contributed by atoms with Gasteiger partial charge in [-0.15, -0.1) is 0 Å². The summed E-state index contributed by atoms with van der Waals surface area (Å²) in [6.07, 6.45) is 3.00. The molecule has 2 amide bonds. The van der Waals surface area contributed by atoms with E-state index in [9.17, 15) is 4.79 Å². The van der Waals surface area contributed by atoms with Crippen LogP contribution in [0, 0.1) is 0 Å². The van der Waals surface area contributed by atoms with Gasteiger partial charge in [0.05, 0.1) is 6.61 Å². The third kappa shape index (κ3) is 4.23. The SMILES string of the molecule is COCCN(C)C(=O)NCCCn1ccc2ccccc21. The second-order valence-corrected chi connectivity index (χ2v) is 5.07. The molecule has 0 bridgehead atoms. The molecule has 0 saturated carbocycles. The summed E-state index contributed by atoms with van der Waals surface area (Å²) in [5.74, 6) is 0. The number of likely N-dealkylation sites (N-methyl/N-ethyl adjacent to an activating group) is 1. The van der Waals surface area contributed by atoms with Gasteiger partial charge in [0.1, 0.15) is 0 Å². The number of aromatic nitrogens is 1. The molecule has 2 rings (SSSR count). The first kappa shape index (κ1) is 15.4. The summed E-state index contributed by atoms with van der Waals surface area (Å²) in [6.45, 7) is 2.72. The van der Waals surface area contributed by atoms with Crippen molar-refractivity contribution in [3.8, 4) is 0 Å². The van der Waals surface area contributed by atoms with E-state index < -0.39 is 0 Å². The lowest BCUT2D eigenvalue weighted by Crippen LogP contribution is -2.39. The van der Waals surface area contributed by atoms with Gasteiger partial charge in [0, 0.05) is 45.5 Å². The van der Waals surface area contributed by atoms with Crippen molar-refractivity contribution in [2.45, 2.75) is 13.0 Å². The summed E-state index contributed by atoms with van der Waals surface area (Å²) < 4.78 is 7.17. The van der Waals surface area contributed by atoms with Crippen LogP contribution in [0.15, 0.2) is 36.5 Å². The van der Waals surface area contributed by atoms with Gasteiger partial charge in [0.15, 0.2) is 0 Å². The Morgan fingerprint density at radius 1 is 1.33 bits per heavy atom. The molecular weight excluding hydrogens is 266 g/mol. The molecule has 0 unspecified atom stereocenters. The van der Waals surface area contributed by atoms with Gasteiger partial charge < -0.3 is 19.5 Å². The molecule has 0 aliphatic rings. The van der Waals surface area contributed by atoms with Gasteiger partial charge in [0.25, 0.3) is 0 Å². The highest BCUT2D eigenvalue weighted by molar-refractivity contribution is 5.79. The third-order valence-corrected chi connectivity index (χ3v) is 3.51. The van der Waals surface area contributed by atoms with Crippen molar-refractivity contribution >= 4 is 16.9 Å². The molecule has 0 atom stereocenters. The molecule has 5 nitrogen and oxygen atoms in total. The maximum absolute atomic E-state index is 11.8. The fourth-order valence-corrected chi connectivity index (χ4v) is 2.25. The number of nitrogens with zero attached hydrogens (tertiary/aromatic N) is 2. The van der Waals surface area contributed by atoms with E-state index in [2.05, 4.69) is 34.3 Å². The van der Waals surface area contributed by atoms with E-state index >= 15 is 0 Å². The van der Waals surface area contributed by atoms with E-state index in [0.29, 0.717) is 19.7 Å². The molecule has 21 heavy (non-hydrogen) atoms. The number of ether oxygens (including phenoxy) is 1. The molecule has 1 aromatic carbocycles. The number of hydrogen-bond donors (Lipinski definition) is 1. The monoisotopic (exact) mass is 289 g/mol. The minimum Gasteiger partial charge on any atom is -0.383 e. The van der Waals surface area contributed by atoms with Crippen LogP contribution in [-0.4, -0.2) is 49.4 Å². The number of rotatable bonds is 7. The molecule has 1 aromatic heterocycles. The Labute approximate surface area is 125 Å². The van der Waals surface area contributed by atoms with E-state index in [0.717, 1.165) is 13.0 Å². The minimum absolute atomic E-state index is 0.0515. The summed E-state index contributed by atoms with van der Waals surface area (Å²) in [7, 11) is 3.40. The normalized spacial score (nSPS) is 10.8. The maximum Gasteiger partial charge on any atom is 0.317 e. The Hall–Kier alpha value is -2.01. The molecule has 2 aromatic rings. The Balaban J connectivity index is 1.73. The van der Waals surface area contributed by atoms with Crippen LogP contribution >= 0.6 is 0 Å². The highest BCUT2D eigenvalue weighted by atomic mass is 16.5. The van der Waals surface area contributed by atoms with Crippen LogP contribution in [0.4, 0.5) is 4.79 Å². The Kier molecular flexibility index (Phi) is 5.63. The third-order valence-electron chi connectivity index (χ3n) is 3.51. The molecule has 0 aliphatic carbocycles. The minimum atomic E-state index is -0.0515. The number of nitrogens with one attached hydrogen (secondary N) is 1. The lowest BCUT2D eigenvalue weighted by Gasteiger charge is -2.17. The number of para-hydroxylation sites is 1. The van der Waals surface area contributed by atoms with E-state index in [1.54, 1.807) is 19.1 Å². The quantitative estimate of drug-likeness (QED) is 0.795. The van der Waals surface area contributed by atoms with Gasteiger partial charge in [-0.25, -0.2) is 4.79 Å². The van der Waals surface area contributed by atoms with Gasteiger partial charge in [0.2, 0.25) is 0 Å². The number of benzene rings is 1. The molecule has 0 radical (unpaired) electrons. The molecule has 114 valence electrons. The Bertz CT molecular complexity index is 580. The molecule has 0 aliphatic heterocycles. The summed E-state index contributed by atoms with van der Waals surface area (Å²) in [6, 6.07) is 10.4. The van der Waals surface area contributed by atoms with Crippen molar-refractivity contribution in [3.05, 3.63) is 36.5 Å². The molecule has 5 heteroatoms. The number of aryl methyl sites for hydroxylation is 1. The molecule has 0 fully saturated rings. The van der Waals surface area contributed by atoms with Crippen molar-refractivity contribution < 1.29 is 9.53 Å². The van der Waals surface area contributed by atoms with Crippen LogP contribution in [0.5, 0.6) is 0 Å². The highest BCUT2D eigenvalue weighted by Gasteiger charge is 2.06. The summed E-state index contributed by atoms with van der Waals surface area (Å²) in [5, 5.41) is 4.17. The van der Waals surface area contributed by atoms with E-state index in [1.165, 1.54) is 10.9 Å². The average molecular weight is 289 g/mol. The average Bonchev–Trinajstić information content (AvgIpc) is 2.92. The first-order chi connectivity index (χ1) is 10.2. The van der Waals surface area contributed by atoms with Crippen molar-refractivity contribution in [3.63, 3.8) is 0 Å². The van der Waals surface area contributed by atoms with Crippen LogP contribution in [0.2, 0.25) is 0 Å². The maximum atomic E-state index is 11.8. The van der Waals surface area contributed by atoms with Crippen LogP contribution in [0.3, 0.4) is 0 Å². The number of urea groups is 1. The molecule has 1 N–H and O–H groups in total. The Morgan fingerprint density at radius 3 is 2.95 bits per heavy atom. The molecule has 1 heterocycles. The number of methoxy groups -OCH3 is 1. The zero-order valence-electron chi connectivity index (χ0n) is 12.7. The zero-order valence-corrected chi connectivity index (χ0v) is 12.7. The lowest BCUT2D eigenvalue weighted by atomic mass is 10.2. The smallest absolute Gasteiger partial charge is 0.317 e. The van der Waals surface area contributed by atoms with E-state index in [4.69, 9.17) is 4.74 Å². The largest absolute Gasteiger partial charge is 0.383 e. The topological polar surface area (TPSA) is 46.5 Å². The summed E-state index contributed by atoms with van der Waals surface area (Å²) in [5.41, 5.74) is 1.24. The Morgan fingerprint density at radius 2 is 2.14 bits per heavy atom. The zero-order chi connectivity index (χ0) is 15.1. The van der Waals surface area contributed by atoms with Crippen LogP contribution < -0.4 is 5.32 Å².